The van der Waals surface area contributed by atoms with Crippen molar-refractivity contribution < 1.29 is 23.1 Å². The number of amides is 2. The lowest BCUT2D eigenvalue weighted by Gasteiger charge is -2.15. The number of halogens is 2. The molecule has 2 amide bonds. The van der Waals surface area contributed by atoms with E-state index in [1.807, 2.05) is 0 Å². The Hall–Kier alpha value is -2.22. The molecule has 20 heavy (non-hydrogen) atoms. The van der Waals surface area contributed by atoms with Crippen molar-refractivity contribution >= 4 is 11.8 Å². The second-order valence-electron chi connectivity index (χ2n) is 3.99. The lowest BCUT2D eigenvalue weighted by atomic mass is 10.2. The maximum Gasteiger partial charge on any atom is 0.277 e. The van der Waals surface area contributed by atoms with Gasteiger partial charge in [0.2, 0.25) is 0 Å². The molecule has 0 fully saturated rings. The molecule has 0 aliphatic heterocycles. The Morgan fingerprint density at radius 2 is 1.95 bits per heavy atom. The molecule has 0 bridgehead atoms. The summed E-state index contributed by atoms with van der Waals surface area (Å²) in [5, 5.41) is 2.05. The molecule has 0 spiro atoms. The van der Waals surface area contributed by atoms with E-state index in [1.165, 1.54) is 18.2 Å². The van der Waals surface area contributed by atoms with Crippen LogP contribution < -0.4 is 21.5 Å². The third-order valence-electron chi connectivity index (χ3n) is 2.31. The van der Waals surface area contributed by atoms with E-state index in [-0.39, 0.29) is 11.3 Å². The highest BCUT2D eigenvalue weighted by Gasteiger charge is 2.27. The van der Waals surface area contributed by atoms with E-state index in [2.05, 4.69) is 5.32 Å². The predicted molar refractivity (Wildman–Crippen MR) is 67.5 cm³/mol. The van der Waals surface area contributed by atoms with Crippen LogP contribution in [0.5, 0.6) is 5.75 Å². The molecule has 0 atom stereocenters. The topological polar surface area (TPSA) is 107 Å². The van der Waals surface area contributed by atoms with Gasteiger partial charge in [-0.2, -0.15) is 0 Å². The molecule has 0 aromatic heterocycles. The number of nitrogens with two attached hydrogens (primary N) is 2. The molecular weight excluding hydrogens is 272 g/mol. The molecule has 1 aromatic carbocycles. The van der Waals surface area contributed by atoms with Crippen molar-refractivity contribution in [1.82, 2.24) is 5.32 Å². The minimum atomic E-state index is -3.18. The smallest absolute Gasteiger partial charge is 0.277 e. The highest BCUT2D eigenvalue weighted by molar-refractivity contribution is 5.97. The summed E-state index contributed by atoms with van der Waals surface area (Å²) in [5.41, 5.74) is 9.82. The summed E-state index contributed by atoms with van der Waals surface area (Å²) in [4.78, 5) is 22.4. The van der Waals surface area contributed by atoms with E-state index in [9.17, 15) is 18.4 Å². The number of nitrogens with one attached hydrogen (secondary N) is 1. The van der Waals surface area contributed by atoms with Crippen molar-refractivity contribution in [3.8, 4) is 5.75 Å². The van der Waals surface area contributed by atoms with Gasteiger partial charge in [-0.15, -0.1) is 0 Å². The Bertz CT molecular complexity index is 495. The molecule has 0 aliphatic rings. The third-order valence-corrected chi connectivity index (χ3v) is 2.31. The fourth-order valence-corrected chi connectivity index (χ4v) is 1.31. The van der Waals surface area contributed by atoms with Gasteiger partial charge in [-0.25, -0.2) is 8.78 Å². The van der Waals surface area contributed by atoms with Gasteiger partial charge in [0.05, 0.1) is 18.7 Å². The van der Waals surface area contributed by atoms with Gasteiger partial charge >= 0.3 is 0 Å². The molecule has 0 saturated carbocycles. The number of ether oxygens (including phenoxy) is 1. The van der Waals surface area contributed by atoms with Crippen molar-refractivity contribution in [2.45, 2.75) is 5.92 Å². The van der Waals surface area contributed by atoms with Gasteiger partial charge in [0.1, 0.15) is 5.75 Å². The number of hydrogen-bond donors (Lipinski definition) is 3. The number of carbonyl (C=O) groups excluding carboxylic acids is 2. The first kappa shape index (κ1) is 15.8. The molecule has 1 aromatic rings. The van der Waals surface area contributed by atoms with Crippen molar-refractivity contribution in [3.05, 3.63) is 29.8 Å². The van der Waals surface area contributed by atoms with Gasteiger partial charge in [0.15, 0.2) is 6.61 Å². The summed E-state index contributed by atoms with van der Waals surface area (Å²) in [7, 11) is 0. The van der Waals surface area contributed by atoms with Crippen LogP contribution in [0.4, 0.5) is 8.78 Å². The molecule has 110 valence electrons. The van der Waals surface area contributed by atoms with Crippen LogP contribution in [0.15, 0.2) is 24.3 Å². The SMILES string of the molecule is NCC(F)(F)CNC(=O)c1ccccc1OCC(N)=O. The maximum atomic E-state index is 13.0. The summed E-state index contributed by atoms with van der Waals surface area (Å²) in [5.74, 6) is -4.56. The lowest BCUT2D eigenvalue weighted by molar-refractivity contribution is -0.119. The van der Waals surface area contributed by atoms with E-state index < -0.39 is 37.4 Å². The summed E-state index contributed by atoms with van der Waals surface area (Å²) in [6.07, 6.45) is 0. The lowest BCUT2D eigenvalue weighted by Crippen LogP contribution is -2.41. The zero-order chi connectivity index (χ0) is 15.2. The average Bonchev–Trinajstić information content (AvgIpc) is 2.43. The number of hydrogen-bond acceptors (Lipinski definition) is 4. The van der Waals surface area contributed by atoms with Crippen LogP contribution in [0.3, 0.4) is 0 Å². The largest absolute Gasteiger partial charge is 0.483 e. The van der Waals surface area contributed by atoms with Crippen LogP contribution in [-0.4, -0.2) is 37.4 Å². The molecule has 0 radical (unpaired) electrons. The van der Waals surface area contributed by atoms with Gasteiger partial charge in [0, 0.05) is 0 Å². The molecule has 0 aliphatic carbocycles. The standard InChI is InChI=1S/C12H15F2N3O3/c13-12(14,6-15)7-17-11(19)8-3-1-2-4-9(8)20-5-10(16)18/h1-4H,5-7,15H2,(H2,16,18)(H,17,19). The Labute approximate surface area is 114 Å². The van der Waals surface area contributed by atoms with Gasteiger partial charge in [-0.1, -0.05) is 12.1 Å². The number of benzene rings is 1. The summed E-state index contributed by atoms with van der Waals surface area (Å²) in [6, 6.07) is 5.92. The monoisotopic (exact) mass is 287 g/mol. The maximum absolute atomic E-state index is 13.0. The number of carbonyl (C=O) groups is 2. The van der Waals surface area contributed by atoms with Crippen LogP contribution in [-0.2, 0) is 4.79 Å². The molecule has 0 heterocycles. The van der Waals surface area contributed by atoms with Gasteiger partial charge in [-0.05, 0) is 12.1 Å². The zero-order valence-corrected chi connectivity index (χ0v) is 10.6. The van der Waals surface area contributed by atoms with Crippen molar-refractivity contribution in [3.63, 3.8) is 0 Å². The number of primary amides is 1. The third kappa shape index (κ3) is 4.81. The minimum absolute atomic E-state index is 0.0292. The molecule has 1 rings (SSSR count). The van der Waals surface area contributed by atoms with E-state index in [0.717, 1.165) is 0 Å². The van der Waals surface area contributed by atoms with E-state index in [0.29, 0.717) is 0 Å². The number of rotatable bonds is 7. The molecule has 0 saturated heterocycles. The van der Waals surface area contributed by atoms with Gasteiger partial charge in [0.25, 0.3) is 17.7 Å². The number of para-hydroxylation sites is 1. The average molecular weight is 287 g/mol. The summed E-state index contributed by atoms with van der Waals surface area (Å²) < 4.78 is 30.9. The molecule has 8 heteroatoms. The van der Waals surface area contributed by atoms with Crippen molar-refractivity contribution in [2.24, 2.45) is 11.5 Å². The first-order chi connectivity index (χ1) is 9.35. The quantitative estimate of drug-likeness (QED) is 0.649. The van der Waals surface area contributed by atoms with Crippen LogP contribution in [0.1, 0.15) is 10.4 Å². The summed E-state index contributed by atoms with van der Waals surface area (Å²) >= 11 is 0. The fourth-order valence-electron chi connectivity index (χ4n) is 1.31. The van der Waals surface area contributed by atoms with Crippen LogP contribution in [0, 0.1) is 0 Å². The minimum Gasteiger partial charge on any atom is -0.483 e. The predicted octanol–water partition coefficient (Wildman–Crippen LogP) is -0.126. The fraction of sp³-hybridized carbons (Fsp3) is 0.333. The van der Waals surface area contributed by atoms with Crippen LogP contribution in [0.2, 0.25) is 0 Å². The summed E-state index contributed by atoms with van der Waals surface area (Å²) in [6.45, 7) is -2.16. The molecule has 5 N–H and O–H groups in total. The van der Waals surface area contributed by atoms with Gasteiger partial charge < -0.3 is 21.5 Å². The second-order valence-corrected chi connectivity index (χ2v) is 3.99. The van der Waals surface area contributed by atoms with Crippen LogP contribution >= 0.6 is 0 Å². The number of alkyl halides is 2. The van der Waals surface area contributed by atoms with E-state index >= 15 is 0 Å². The normalized spacial score (nSPS) is 10.9. The highest BCUT2D eigenvalue weighted by Crippen LogP contribution is 2.18. The second kappa shape index (κ2) is 6.80. The molecular formula is C12H15F2N3O3. The van der Waals surface area contributed by atoms with Crippen LogP contribution in [0.25, 0.3) is 0 Å². The van der Waals surface area contributed by atoms with Crippen molar-refractivity contribution in [2.75, 3.05) is 19.7 Å². The van der Waals surface area contributed by atoms with Gasteiger partial charge in [-0.3, -0.25) is 9.59 Å². The highest BCUT2D eigenvalue weighted by atomic mass is 19.3. The molecule has 6 nitrogen and oxygen atoms in total. The Morgan fingerprint density at radius 1 is 1.30 bits per heavy atom. The van der Waals surface area contributed by atoms with Crippen molar-refractivity contribution in [1.29, 1.82) is 0 Å². The van der Waals surface area contributed by atoms with E-state index in [1.54, 1.807) is 6.07 Å². The first-order valence-corrected chi connectivity index (χ1v) is 5.72. The Balaban J connectivity index is 2.74. The van der Waals surface area contributed by atoms with E-state index in [4.69, 9.17) is 16.2 Å². The molecule has 0 unspecified atom stereocenters. The Morgan fingerprint density at radius 3 is 2.55 bits per heavy atom. The zero-order valence-electron chi connectivity index (χ0n) is 10.6. The Kier molecular flexibility index (Phi) is 5.39. The first-order valence-electron chi connectivity index (χ1n) is 5.72.